The van der Waals surface area contributed by atoms with Gasteiger partial charge in [-0.05, 0) is 91.7 Å². The summed E-state index contributed by atoms with van der Waals surface area (Å²) in [6.07, 6.45) is 19.9. The van der Waals surface area contributed by atoms with Gasteiger partial charge in [0.25, 0.3) is 0 Å². The lowest BCUT2D eigenvalue weighted by atomic mass is 9.74. The number of hydrogen-bond donors (Lipinski definition) is 0. The Hall–Kier alpha value is -0.780. The van der Waals surface area contributed by atoms with Gasteiger partial charge in [-0.3, -0.25) is 0 Å². The van der Waals surface area contributed by atoms with E-state index < -0.39 is 0 Å². The second kappa shape index (κ2) is 10.7. The van der Waals surface area contributed by atoms with Crippen LogP contribution in [0, 0.1) is 17.8 Å². The molecule has 0 saturated heterocycles. The number of benzene rings is 1. The molecule has 1 aromatic carbocycles. The zero-order valence-corrected chi connectivity index (χ0v) is 18.4. The van der Waals surface area contributed by atoms with E-state index in [1.54, 1.807) is 16.7 Å². The number of hydrogen-bond acceptors (Lipinski definition) is 0. The van der Waals surface area contributed by atoms with Crippen molar-refractivity contribution in [1.82, 2.24) is 0 Å². The summed E-state index contributed by atoms with van der Waals surface area (Å²) in [5.74, 6) is 3.70. The van der Waals surface area contributed by atoms with E-state index in [9.17, 15) is 0 Å². The van der Waals surface area contributed by atoms with Gasteiger partial charge in [0.05, 0.1) is 0 Å². The van der Waals surface area contributed by atoms with Gasteiger partial charge in [-0.25, -0.2) is 0 Å². The van der Waals surface area contributed by atoms with Crippen molar-refractivity contribution in [2.24, 2.45) is 17.8 Å². The van der Waals surface area contributed by atoms with Crippen LogP contribution in [-0.4, -0.2) is 0 Å². The standard InChI is InChI=1S/C27H44/c1-4-6-7-8-9-22-10-13-24(14-11-22)26-17-16-25-19-23(18-21(3)5-2)12-15-27(25)20-26/h16-17,20-24H,4-15,18-19H2,1-3H3/t21?,22-,23?,24-. The number of fused-ring (bicyclic) bond motifs is 1. The summed E-state index contributed by atoms with van der Waals surface area (Å²) in [6, 6.07) is 7.61. The van der Waals surface area contributed by atoms with Crippen molar-refractivity contribution in [3.05, 3.63) is 34.9 Å². The van der Waals surface area contributed by atoms with Gasteiger partial charge in [0.1, 0.15) is 0 Å². The highest BCUT2D eigenvalue weighted by atomic mass is 14.3. The summed E-state index contributed by atoms with van der Waals surface area (Å²) in [7, 11) is 0. The summed E-state index contributed by atoms with van der Waals surface area (Å²) in [5, 5.41) is 0. The SMILES string of the molecule is CCCCCC[C@H]1CC[C@H](c2ccc3c(c2)CCC(CC(C)CC)C3)CC1. The first-order chi connectivity index (χ1) is 13.2. The van der Waals surface area contributed by atoms with Gasteiger partial charge < -0.3 is 0 Å². The molecule has 2 aliphatic rings. The molecule has 0 aliphatic heterocycles. The van der Waals surface area contributed by atoms with Gasteiger partial charge in [0.2, 0.25) is 0 Å². The van der Waals surface area contributed by atoms with Crippen LogP contribution in [-0.2, 0) is 12.8 Å². The predicted molar refractivity (Wildman–Crippen MR) is 119 cm³/mol. The lowest BCUT2D eigenvalue weighted by molar-refractivity contribution is 0.302. The van der Waals surface area contributed by atoms with Crippen LogP contribution in [0.4, 0.5) is 0 Å². The minimum absolute atomic E-state index is 0.847. The number of rotatable bonds is 9. The first kappa shape index (κ1) is 20.9. The van der Waals surface area contributed by atoms with Gasteiger partial charge in [-0.15, -0.1) is 0 Å². The van der Waals surface area contributed by atoms with Crippen LogP contribution in [0.15, 0.2) is 18.2 Å². The second-order valence-electron chi connectivity index (χ2n) is 9.95. The average molecular weight is 369 g/mol. The molecule has 2 atom stereocenters. The van der Waals surface area contributed by atoms with Crippen molar-refractivity contribution in [1.29, 1.82) is 0 Å². The van der Waals surface area contributed by atoms with E-state index in [1.807, 2.05) is 0 Å². The molecule has 1 fully saturated rings. The maximum absolute atomic E-state index is 2.61. The Morgan fingerprint density at radius 3 is 2.44 bits per heavy atom. The van der Waals surface area contributed by atoms with Gasteiger partial charge >= 0.3 is 0 Å². The van der Waals surface area contributed by atoms with Crippen molar-refractivity contribution >= 4 is 0 Å². The average Bonchev–Trinajstić information content (AvgIpc) is 2.71. The van der Waals surface area contributed by atoms with E-state index in [1.165, 1.54) is 89.9 Å². The quantitative estimate of drug-likeness (QED) is 0.383. The van der Waals surface area contributed by atoms with Crippen LogP contribution in [0.2, 0.25) is 0 Å². The van der Waals surface area contributed by atoms with Crippen LogP contribution in [0.5, 0.6) is 0 Å². The molecule has 0 amide bonds. The fraction of sp³-hybridized carbons (Fsp3) is 0.778. The van der Waals surface area contributed by atoms with Gasteiger partial charge in [-0.2, -0.15) is 0 Å². The zero-order chi connectivity index (χ0) is 19.1. The summed E-state index contributed by atoms with van der Waals surface area (Å²) < 4.78 is 0. The molecule has 3 rings (SSSR count). The highest BCUT2D eigenvalue weighted by molar-refractivity contribution is 5.36. The van der Waals surface area contributed by atoms with Gasteiger partial charge in [0, 0.05) is 0 Å². The largest absolute Gasteiger partial charge is 0.0654 e. The first-order valence-corrected chi connectivity index (χ1v) is 12.3. The Bertz CT molecular complexity index is 549. The van der Waals surface area contributed by atoms with Crippen LogP contribution in [0.3, 0.4) is 0 Å². The zero-order valence-electron chi connectivity index (χ0n) is 18.4. The fourth-order valence-corrected chi connectivity index (χ4v) is 5.69. The van der Waals surface area contributed by atoms with Gasteiger partial charge in [-0.1, -0.05) is 77.5 Å². The molecule has 0 aromatic heterocycles. The molecule has 1 aromatic rings. The second-order valence-corrected chi connectivity index (χ2v) is 9.95. The summed E-state index contributed by atoms with van der Waals surface area (Å²) in [6.45, 7) is 7.09. The van der Waals surface area contributed by atoms with Crippen molar-refractivity contribution in [3.63, 3.8) is 0 Å². The summed E-state index contributed by atoms with van der Waals surface area (Å²) in [4.78, 5) is 0. The van der Waals surface area contributed by atoms with Crippen LogP contribution in [0.25, 0.3) is 0 Å². The molecule has 0 bridgehead atoms. The molecule has 2 unspecified atom stereocenters. The van der Waals surface area contributed by atoms with E-state index in [4.69, 9.17) is 0 Å². The topological polar surface area (TPSA) is 0 Å². The molecule has 0 heteroatoms. The summed E-state index contributed by atoms with van der Waals surface area (Å²) >= 11 is 0. The smallest absolute Gasteiger partial charge is 0.0162 e. The molecule has 27 heavy (non-hydrogen) atoms. The molecule has 1 saturated carbocycles. The van der Waals surface area contributed by atoms with Crippen molar-refractivity contribution in [2.75, 3.05) is 0 Å². The molecular weight excluding hydrogens is 324 g/mol. The maximum atomic E-state index is 2.61. The summed E-state index contributed by atoms with van der Waals surface area (Å²) in [5.41, 5.74) is 5.02. The highest BCUT2D eigenvalue weighted by Crippen LogP contribution is 2.39. The maximum Gasteiger partial charge on any atom is -0.0162 e. The normalized spacial score (nSPS) is 26.6. The third kappa shape index (κ3) is 6.10. The van der Waals surface area contributed by atoms with E-state index in [0.29, 0.717) is 0 Å². The third-order valence-electron chi connectivity index (χ3n) is 7.78. The number of aryl methyl sites for hydroxylation is 1. The lowest BCUT2D eigenvalue weighted by Gasteiger charge is -2.31. The van der Waals surface area contributed by atoms with Crippen molar-refractivity contribution < 1.29 is 0 Å². The van der Waals surface area contributed by atoms with Crippen LogP contribution in [0.1, 0.15) is 120 Å². The van der Waals surface area contributed by atoms with Crippen LogP contribution < -0.4 is 0 Å². The van der Waals surface area contributed by atoms with Crippen LogP contribution >= 0.6 is 0 Å². The molecular formula is C27H44. The highest BCUT2D eigenvalue weighted by Gasteiger charge is 2.24. The molecule has 0 N–H and O–H groups in total. The minimum atomic E-state index is 0.847. The van der Waals surface area contributed by atoms with E-state index in [0.717, 1.165) is 23.7 Å². The van der Waals surface area contributed by atoms with E-state index >= 15 is 0 Å². The monoisotopic (exact) mass is 368 g/mol. The molecule has 0 spiro atoms. The Kier molecular flexibility index (Phi) is 8.28. The van der Waals surface area contributed by atoms with Gasteiger partial charge in [0.15, 0.2) is 0 Å². The van der Waals surface area contributed by atoms with Crippen molar-refractivity contribution in [3.8, 4) is 0 Å². The van der Waals surface area contributed by atoms with Crippen molar-refractivity contribution in [2.45, 2.75) is 117 Å². The lowest BCUT2D eigenvalue weighted by Crippen LogP contribution is -2.18. The molecule has 0 nitrogen and oxygen atoms in total. The molecule has 0 radical (unpaired) electrons. The molecule has 2 aliphatic carbocycles. The predicted octanol–water partition coefficient (Wildman–Crippen LogP) is 8.47. The number of unbranched alkanes of at least 4 members (excludes halogenated alkanes) is 3. The third-order valence-corrected chi connectivity index (χ3v) is 7.78. The van der Waals surface area contributed by atoms with E-state index in [-0.39, 0.29) is 0 Å². The Morgan fingerprint density at radius 1 is 0.889 bits per heavy atom. The molecule has 0 heterocycles. The Balaban J connectivity index is 1.49. The van der Waals surface area contributed by atoms with E-state index in [2.05, 4.69) is 39.0 Å². The first-order valence-electron chi connectivity index (χ1n) is 12.3. The Morgan fingerprint density at radius 2 is 1.70 bits per heavy atom. The minimum Gasteiger partial charge on any atom is -0.0654 e. The fourth-order valence-electron chi connectivity index (χ4n) is 5.69. The Labute approximate surface area is 169 Å². The molecule has 152 valence electrons.